The maximum absolute atomic E-state index is 11.9. The van der Waals surface area contributed by atoms with Crippen molar-refractivity contribution in [2.75, 3.05) is 13.1 Å². The van der Waals surface area contributed by atoms with E-state index < -0.39 is 0 Å². The van der Waals surface area contributed by atoms with E-state index in [0.717, 1.165) is 13.0 Å². The van der Waals surface area contributed by atoms with Crippen LogP contribution in [-0.4, -0.2) is 29.7 Å². The van der Waals surface area contributed by atoms with Gasteiger partial charge in [0.25, 0.3) is 0 Å². The van der Waals surface area contributed by atoms with E-state index in [2.05, 4.69) is 0 Å². The molecule has 1 saturated carbocycles. The van der Waals surface area contributed by atoms with Crippen molar-refractivity contribution < 1.29 is 9.59 Å². The minimum atomic E-state index is 0.140. The smallest absolute Gasteiger partial charge is 0.226 e. The average Bonchev–Trinajstić information content (AvgIpc) is 2.99. The summed E-state index contributed by atoms with van der Waals surface area (Å²) >= 11 is 0. The predicted molar refractivity (Wildman–Crippen MR) is 52.7 cm³/mol. The van der Waals surface area contributed by atoms with Crippen molar-refractivity contribution in [2.45, 2.75) is 32.6 Å². The van der Waals surface area contributed by atoms with E-state index in [1.165, 1.54) is 12.8 Å². The number of piperidine rings is 1. The number of hydrogen-bond acceptors (Lipinski definition) is 2. The molecular formula is C11H17NO2. The summed E-state index contributed by atoms with van der Waals surface area (Å²) < 4.78 is 0. The lowest BCUT2D eigenvalue weighted by Gasteiger charge is -2.28. The van der Waals surface area contributed by atoms with E-state index in [-0.39, 0.29) is 17.6 Å². The van der Waals surface area contributed by atoms with E-state index >= 15 is 0 Å². The molecule has 78 valence electrons. The molecule has 1 saturated heterocycles. The van der Waals surface area contributed by atoms with Crippen molar-refractivity contribution >= 4 is 11.7 Å². The fourth-order valence-corrected chi connectivity index (χ4v) is 2.11. The molecule has 3 heteroatoms. The minimum Gasteiger partial charge on any atom is -0.335 e. The summed E-state index contributed by atoms with van der Waals surface area (Å²) in [6, 6.07) is 0. The molecule has 1 atom stereocenters. The van der Waals surface area contributed by atoms with Gasteiger partial charge in [-0.15, -0.1) is 0 Å². The van der Waals surface area contributed by atoms with Gasteiger partial charge in [0.15, 0.2) is 5.78 Å². The number of amides is 1. The third-order valence-corrected chi connectivity index (χ3v) is 3.28. The van der Waals surface area contributed by atoms with Gasteiger partial charge in [0.05, 0.1) is 6.54 Å². The first-order chi connectivity index (χ1) is 6.68. The van der Waals surface area contributed by atoms with Crippen LogP contribution in [0, 0.1) is 11.8 Å². The maximum atomic E-state index is 11.9. The van der Waals surface area contributed by atoms with Gasteiger partial charge in [-0.05, 0) is 25.2 Å². The number of carbonyl (C=O) groups is 2. The Balaban J connectivity index is 1.92. The van der Waals surface area contributed by atoms with Crippen LogP contribution >= 0.6 is 0 Å². The van der Waals surface area contributed by atoms with Crippen molar-refractivity contribution in [2.24, 2.45) is 11.8 Å². The minimum absolute atomic E-state index is 0.140. The third-order valence-electron chi connectivity index (χ3n) is 3.28. The molecule has 0 N–H and O–H groups in total. The quantitative estimate of drug-likeness (QED) is 0.664. The van der Waals surface area contributed by atoms with E-state index in [4.69, 9.17) is 0 Å². The van der Waals surface area contributed by atoms with Gasteiger partial charge in [0, 0.05) is 18.9 Å². The lowest BCUT2D eigenvalue weighted by Crippen LogP contribution is -2.43. The number of hydrogen-bond donors (Lipinski definition) is 0. The molecule has 0 aromatic carbocycles. The molecule has 0 aromatic rings. The molecule has 0 radical (unpaired) electrons. The molecule has 1 aliphatic carbocycles. The van der Waals surface area contributed by atoms with Crippen LogP contribution in [0.2, 0.25) is 0 Å². The van der Waals surface area contributed by atoms with E-state index in [1.807, 2.05) is 6.92 Å². The van der Waals surface area contributed by atoms with Gasteiger partial charge >= 0.3 is 0 Å². The van der Waals surface area contributed by atoms with Gasteiger partial charge in [-0.1, -0.05) is 6.92 Å². The van der Waals surface area contributed by atoms with Gasteiger partial charge in [-0.3, -0.25) is 9.59 Å². The van der Waals surface area contributed by atoms with E-state index in [1.54, 1.807) is 4.90 Å². The van der Waals surface area contributed by atoms with Crippen molar-refractivity contribution in [1.29, 1.82) is 0 Å². The first-order valence-electron chi connectivity index (χ1n) is 5.49. The first-order valence-corrected chi connectivity index (χ1v) is 5.49. The van der Waals surface area contributed by atoms with Crippen molar-refractivity contribution in [3.63, 3.8) is 0 Å². The van der Waals surface area contributed by atoms with Gasteiger partial charge in [-0.25, -0.2) is 0 Å². The Labute approximate surface area is 84.5 Å². The van der Waals surface area contributed by atoms with Crippen LogP contribution in [0.1, 0.15) is 32.6 Å². The standard InChI is InChI=1S/C11H17NO2/c1-8(9-4-5-9)11(14)12-6-2-3-10(13)7-12/h8-9H,2-7H2,1H3. The Morgan fingerprint density at radius 3 is 2.79 bits per heavy atom. The second-order valence-corrected chi connectivity index (χ2v) is 4.53. The van der Waals surface area contributed by atoms with Crippen molar-refractivity contribution in [3.8, 4) is 0 Å². The molecule has 2 aliphatic rings. The molecule has 14 heavy (non-hydrogen) atoms. The molecule has 1 heterocycles. The zero-order chi connectivity index (χ0) is 10.1. The van der Waals surface area contributed by atoms with Crippen LogP contribution in [0.3, 0.4) is 0 Å². The molecule has 0 bridgehead atoms. The van der Waals surface area contributed by atoms with Crippen molar-refractivity contribution in [3.05, 3.63) is 0 Å². The highest BCUT2D eigenvalue weighted by atomic mass is 16.2. The summed E-state index contributed by atoms with van der Waals surface area (Å²) in [7, 11) is 0. The fourth-order valence-electron chi connectivity index (χ4n) is 2.11. The second kappa shape index (κ2) is 3.71. The molecule has 2 fully saturated rings. The van der Waals surface area contributed by atoms with Crippen LogP contribution in [0.4, 0.5) is 0 Å². The van der Waals surface area contributed by atoms with Gasteiger partial charge in [-0.2, -0.15) is 0 Å². The monoisotopic (exact) mass is 195 g/mol. The average molecular weight is 195 g/mol. The van der Waals surface area contributed by atoms with Crippen LogP contribution in [0.25, 0.3) is 0 Å². The number of rotatable bonds is 2. The Morgan fingerprint density at radius 1 is 1.50 bits per heavy atom. The SMILES string of the molecule is CC(C(=O)N1CCCC(=O)C1)C1CC1. The summed E-state index contributed by atoms with van der Waals surface area (Å²) in [5, 5.41) is 0. The van der Waals surface area contributed by atoms with Crippen LogP contribution in [0.5, 0.6) is 0 Å². The summed E-state index contributed by atoms with van der Waals surface area (Å²) in [4.78, 5) is 24.8. The largest absolute Gasteiger partial charge is 0.335 e. The first kappa shape index (κ1) is 9.69. The Morgan fingerprint density at radius 2 is 2.21 bits per heavy atom. The molecule has 1 amide bonds. The molecule has 0 aromatic heterocycles. The molecule has 2 rings (SSSR count). The molecule has 1 unspecified atom stereocenters. The lowest BCUT2D eigenvalue weighted by molar-refractivity contribution is -0.141. The zero-order valence-corrected chi connectivity index (χ0v) is 8.66. The van der Waals surface area contributed by atoms with E-state index in [0.29, 0.717) is 18.9 Å². The van der Waals surface area contributed by atoms with Gasteiger partial charge in [0.2, 0.25) is 5.91 Å². The molecule has 0 spiro atoms. The summed E-state index contributed by atoms with van der Waals surface area (Å²) in [6.07, 6.45) is 3.88. The van der Waals surface area contributed by atoms with Crippen LogP contribution < -0.4 is 0 Å². The van der Waals surface area contributed by atoms with Crippen molar-refractivity contribution in [1.82, 2.24) is 4.90 Å². The highest BCUT2D eigenvalue weighted by Crippen LogP contribution is 2.37. The lowest BCUT2D eigenvalue weighted by atomic mass is 10.0. The third kappa shape index (κ3) is 1.97. The molecule has 1 aliphatic heterocycles. The predicted octanol–water partition coefficient (Wildman–Crippen LogP) is 1.22. The van der Waals surface area contributed by atoms with E-state index in [9.17, 15) is 9.59 Å². The Bertz CT molecular complexity index is 258. The Kier molecular flexibility index (Phi) is 2.57. The summed E-state index contributed by atoms with van der Waals surface area (Å²) in [6.45, 7) is 3.14. The van der Waals surface area contributed by atoms with Crippen LogP contribution in [0.15, 0.2) is 0 Å². The maximum Gasteiger partial charge on any atom is 0.226 e. The summed E-state index contributed by atoms with van der Waals surface area (Å²) in [5.74, 6) is 1.15. The second-order valence-electron chi connectivity index (χ2n) is 4.53. The molecule has 3 nitrogen and oxygen atoms in total. The summed E-state index contributed by atoms with van der Waals surface area (Å²) in [5.41, 5.74) is 0. The Hall–Kier alpha value is -0.860. The number of likely N-dealkylation sites (tertiary alicyclic amines) is 1. The highest BCUT2D eigenvalue weighted by Gasteiger charge is 2.35. The zero-order valence-electron chi connectivity index (χ0n) is 8.66. The topological polar surface area (TPSA) is 37.4 Å². The fraction of sp³-hybridized carbons (Fsp3) is 0.818. The van der Waals surface area contributed by atoms with Crippen LogP contribution in [-0.2, 0) is 9.59 Å². The number of carbonyl (C=O) groups excluding carboxylic acids is 2. The van der Waals surface area contributed by atoms with Gasteiger partial charge in [0.1, 0.15) is 0 Å². The van der Waals surface area contributed by atoms with Gasteiger partial charge < -0.3 is 4.90 Å². The normalized spacial score (nSPS) is 24.9. The highest BCUT2D eigenvalue weighted by molar-refractivity contribution is 5.88. The number of ketones is 1. The molecular weight excluding hydrogens is 178 g/mol. The number of nitrogens with zero attached hydrogens (tertiary/aromatic N) is 1. The number of Topliss-reactive ketones (excluding diaryl/α,β-unsaturated/α-hetero) is 1.